The van der Waals surface area contributed by atoms with E-state index in [0.29, 0.717) is 16.9 Å². The molecule has 0 saturated heterocycles. The van der Waals surface area contributed by atoms with Crippen LogP contribution in [-0.2, 0) is 4.79 Å². The highest BCUT2D eigenvalue weighted by atomic mass is 35.5. The van der Waals surface area contributed by atoms with E-state index in [0.717, 1.165) is 0 Å². The molecular weight excluding hydrogens is 347 g/mol. The predicted octanol–water partition coefficient (Wildman–Crippen LogP) is 3.31. The summed E-state index contributed by atoms with van der Waals surface area (Å²) >= 11 is 5.97. The number of rotatable bonds is 4. The van der Waals surface area contributed by atoms with Gasteiger partial charge in [-0.1, -0.05) is 11.6 Å². The summed E-state index contributed by atoms with van der Waals surface area (Å²) in [4.78, 5) is 20.8. The van der Waals surface area contributed by atoms with Crippen molar-refractivity contribution in [1.82, 2.24) is 14.5 Å². The van der Waals surface area contributed by atoms with Gasteiger partial charge in [-0.3, -0.25) is 14.7 Å². The molecule has 0 aliphatic heterocycles. The van der Waals surface area contributed by atoms with E-state index in [1.54, 1.807) is 28.8 Å². The number of aliphatic hydroxyl groups is 1. The molecule has 0 atom stereocenters. The Labute approximate surface area is 148 Å². The van der Waals surface area contributed by atoms with Crippen molar-refractivity contribution in [2.45, 2.75) is 25.9 Å². The largest absolute Gasteiger partial charge is 0.390 e. The minimum Gasteiger partial charge on any atom is -0.390 e. The van der Waals surface area contributed by atoms with Crippen molar-refractivity contribution in [3.05, 3.63) is 47.4 Å². The zero-order valence-corrected chi connectivity index (χ0v) is 14.4. The van der Waals surface area contributed by atoms with Crippen molar-refractivity contribution in [3.8, 4) is 5.69 Å². The molecule has 1 amide bonds. The van der Waals surface area contributed by atoms with Crippen LogP contribution < -0.4 is 5.32 Å². The predicted molar refractivity (Wildman–Crippen MR) is 93.4 cm³/mol. The number of hydrogen-bond acceptors (Lipinski definition) is 4. The van der Waals surface area contributed by atoms with Crippen LogP contribution in [0.25, 0.3) is 16.9 Å². The summed E-state index contributed by atoms with van der Waals surface area (Å²) in [7, 11) is 0. The Morgan fingerprint density at radius 1 is 1.24 bits per heavy atom. The first-order valence-corrected chi connectivity index (χ1v) is 7.94. The Bertz CT molecular complexity index is 932. The van der Waals surface area contributed by atoms with Crippen LogP contribution >= 0.6 is 11.6 Å². The monoisotopic (exact) mass is 362 g/mol. The maximum absolute atomic E-state index is 13.2. The van der Waals surface area contributed by atoms with Crippen LogP contribution in [0.5, 0.6) is 0 Å². The molecule has 0 unspecified atom stereocenters. The normalized spacial score (nSPS) is 11.7. The average Bonchev–Trinajstić information content (AvgIpc) is 2.83. The fourth-order valence-electron chi connectivity index (χ4n) is 2.41. The molecule has 6 nitrogen and oxygen atoms in total. The zero-order chi connectivity index (χ0) is 18.2. The van der Waals surface area contributed by atoms with Crippen LogP contribution in [0, 0.1) is 5.82 Å². The summed E-state index contributed by atoms with van der Waals surface area (Å²) in [6, 6.07) is 8.96. The molecule has 0 spiro atoms. The van der Waals surface area contributed by atoms with E-state index in [-0.39, 0.29) is 23.3 Å². The molecule has 0 radical (unpaired) electrons. The Morgan fingerprint density at radius 3 is 2.56 bits per heavy atom. The van der Waals surface area contributed by atoms with Crippen molar-refractivity contribution < 1.29 is 14.3 Å². The second-order valence-corrected chi connectivity index (χ2v) is 6.65. The zero-order valence-electron chi connectivity index (χ0n) is 13.6. The molecule has 3 aromatic rings. The number of nitrogens with one attached hydrogen (secondary N) is 1. The number of nitrogens with zero attached hydrogens (tertiary/aromatic N) is 3. The number of hydrogen-bond donors (Lipinski definition) is 2. The van der Waals surface area contributed by atoms with Crippen LogP contribution in [0.3, 0.4) is 0 Å². The molecule has 0 aliphatic carbocycles. The van der Waals surface area contributed by atoms with Gasteiger partial charge >= 0.3 is 0 Å². The molecule has 2 heterocycles. The number of fused-ring (bicyclic) bond motifs is 1. The van der Waals surface area contributed by atoms with E-state index in [1.807, 2.05) is 0 Å². The molecule has 3 rings (SSSR count). The van der Waals surface area contributed by atoms with Crippen LogP contribution in [0.15, 0.2) is 36.4 Å². The average molecular weight is 363 g/mol. The molecule has 0 aliphatic rings. The number of benzene rings is 1. The highest BCUT2D eigenvalue weighted by Gasteiger charge is 2.21. The summed E-state index contributed by atoms with van der Waals surface area (Å²) < 4.78 is 14.8. The summed E-state index contributed by atoms with van der Waals surface area (Å²) in [6.07, 6.45) is -0.103. The van der Waals surface area contributed by atoms with E-state index in [9.17, 15) is 14.3 Å². The lowest BCUT2D eigenvalue weighted by atomic mass is 10.1. The highest BCUT2D eigenvalue weighted by molar-refractivity contribution is 6.29. The Balaban J connectivity index is 2.09. The van der Waals surface area contributed by atoms with Gasteiger partial charge in [0.25, 0.3) is 0 Å². The molecule has 8 heteroatoms. The fourth-order valence-corrected chi connectivity index (χ4v) is 2.56. The fraction of sp³-hybridized carbons (Fsp3) is 0.235. The Kier molecular flexibility index (Phi) is 4.45. The van der Waals surface area contributed by atoms with Crippen LogP contribution in [0.4, 0.5) is 10.3 Å². The molecule has 25 heavy (non-hydrogen) atoms. The third kappa shape index (κ3) is 3.94. The molecule has 0 bridgehead atoms. The first-order chi connectivity index (χ1) is 11.7. The second kappa shape index (κ2) is 6.42. The third-order valence-electron chi connectivity index (χ3n) is 3.40. The molecule has 0 saturated carbocycles. The van der Waals surface area contributed by atoms with Gasteiger partial charge in [0.1, 0.15) is 16.5 Å². The first kappa shape index (κ1) is 17.3. The topological polar surface area (TPSA) is 80.0 Å². The highest BCUT2D eigenvalue weighted by Crippen LogP contribution is 2.25. The maximum Gasteiger partial charge on any atom is 0.229 e. The smallest absolute Gasteiger partial charge is 0.229 e. The minimum absolute atomic E-state index is 0.103. The van der Waals surface area contributed by atoms with Gasteiger partial charge in [0.2, 0.25) is 11.9 Å². The van der Waals surface area contributed by atoms with Crippen LogP contribution in [0.1, 0.15) is 20.3 Å². The van der Waals surface area contributed by atoms with E-state index < -0.39 is 11.5 Å². The van der Waals surface area contributed by atoms with Gasteiger partial charge in [-0.15, -0.1) is 0 Å². The molecule has 0 fully saturated rings. The maximum atomic E-state index is 13.2. The van der Waals surface area contributed by atoms with Gasteiger partial charge in [-0.05, 0) is 50.2 Å². The van der Waals surface area contributed by atoms with E-state index in [2.05, 4.69) is 15.3 Å². The second-order valence-electron chi connectivity index (χ2n) is 6.26. The van der Waals surface area contributed by atoms with Crippen molar-refractivity contribution in [3.63, 3.8) is 0 Å². The van der Waals surface area contributed by atoms with Crippen molar-refractivity contribution in [1.29, 1.82) is 0 Å². The van der Waals surface area contributed by atoms with E-state index in [4.69, 9.17) is 11.6 Å². The van der Waals surface area contributed by atoms with Gasteiger partial charge < -0.3 is 5.11 Å². The molecule has 2 aromatic heterocycles. The van der Waals surface area contributed by atoms with Gasteiger partial charge in [0.05, 0.1) is 17.7 Å². The molecule has 130 valence electrons. The van der Waals surface area contributed by atoms with Gasteiger partial charge in [0, 0.05) is 0 Å². The number of amides is 1. The molecule has 1 aromatic carbocycles. The molecular formula is C17H16ClFN4O2. The lowest BCUT2D eigenvalue weighted by Crippen LogP contribution is -2.28. The number of carbonyl (C=O) groups is 1. The van der Waals surface area contributed by atoms with Gasteiger partial charge in [0.15, 0.2) is 5.65 Å². The minimum atomic E-state index is -1.15. The van der Waals surface area contributed by atoms with E-state index in [1.165, 1.54) is 26.0 Å². The first-order valence-electron chi connectivity index (χ1n) is 7.56. The Morgan fingerprint density at radius 2 is 1.92 bits per heavy atom. The lowest BCUT2D eigenvalue weighted by molar-refractivity contribution is -0.119. The van der Waals surface area contributed by atoms with E-state index >= 15 is 0 Å². The number of aromatic nitrogens is 3. The Hall–Kier alpha value is -2.51. The summed E-state index contributed by atoms with van der Waals surface area (Å²) in [6.45, 7) is 3.08. The SMILES string of the molecule is CC(C)(O)CC(=O)Nc1nc2ccc(Cl)nc2n1-c1ccc(F)cc1. The van der Waals surface area contributed by atoms with Gasteiger partial charge in [-0.2, -0.15) is 0 Å². The lowest BCUT2D eigenvalue weighted by Gasteiger charge is -2.16. The van der Waals surface area contributed by atoms with Gasteiger partial charge in [-0.25, -0.2) is 14.4 Å². The number of pyridine rings is 1. The number of imidazole rings is 1. The number of halogens is 2. The molecule has 2 N–H and O–H groups in total. The van der Waals surface area contributed by atoms with Crippen LogP contribution in [-0.4, -0.2) is 31.1 Å². The quantitative estimate of drug-likeness (QED) is 0.698. The van der Waals surface area contributed by atoms with Crippen molar-refractivity contribution in [2.24, 2.45) is 0 Å². The number of carbonyl (C=O) groups excluding carboxylic acids is 1. The summed E-state index contributed by atoms with van der Waals surface area (Å²) in [5, 5.41) is 12.7. The van der Waals surface area contributed by atoms with Crippen molar-refractivity contribution >= 4 is 34.6 Å². The van der Waals surface area contributed by atoms with Crippen molar-refractivity contribution in [2.75, 3.05) is 5.32 Å². The standard InChI is InChI=1S/C17H16ClFN4O2/c1-17(2,25)9-14(24)22-16-20-12-7-8-13(18)21-15(12)23(16)11-5-3-10(19)4-6-11/h3-8,25H,9H2,1-2H3,(H,20,22,24). The number of anilines is 1. The third-order valence-corrected chi connectivity index (χ3v) is 3.61. The summed E-state index contributed by atoms with van der Waals surface area (Å²) in [5.74, 6) is -0.574. The van der Waals surface area contributed by atoms with Crippen LogP contribution in [0.2, 0.25) is 5.15 Å². The summed E-state index contributed by atoms with van der Waals surface area (Å²) in [5.41, 5.74) is 0.362.